The standard InChI is InChI=1S/C22H13Cl2N3O5/c23-16-2-1-3-17(24)21(16)22(29)26-13-6-4-12(5-7-13)25-18-11-20(28)32-19-9-8-14(27(30)31)10-15(18)19/h1-11,25H,(H,26,29). The molecule has 1 amide bonds. The van der Waals surface area contributed by atoms with E-state index in [0.29, 0.717) is 22.4 Å². The van der Waals surface area contributed by atoms with Crippen LogP contribution < -0.4 is 16.3 Å². The van der Waals surface area contributed by atoms with E-state index in [1.165, 1.54) is 24.3 Å². The summed E-state index contributed by atoms with van der Waals surface area (Å²) in [6, 6.07) is 16.6. The minimum atomic E-state index is -0.602. The second kappa shape index (κ2) is 8.70. The van der Waals surface area contributed by atoms with Gasteiger partial charge >= 0.3 is 5.63 Å². The number of rotatable bonds is 5. The Kier molecular flexibility index (Phi) is 5.81. The number of benzene rings is 3. The molecule has 0 bridgehead atoms. The molecule has 0 saturated carbocycles. The number of hydrogen-bond donors (Lipinski definition) is 2. The van der Waals surface area contributed by atoms with Crippen LogP contribution in [0, 0.1) is 10.1 Å². The SMILES string of the molecule is O=C(Nc1ccc(Nc2cc(=O)oc3ccc([N+](=O)[O-])cc23)cc1)c1c(Cl)cccc1Cl. The number of nitro benzene ring substituents is 1. The molecule has 4 rings (SSSR count). The monoisotopic (exact) mass is 469 g/mol. The highest BCUT2D eigenvalue weighted by molar-refractivity contribution is 6.40. The van der Waals surface area contributed by atoms with Gasteiger partial charge in [0.1, 0.15) is 5.58 Å². The van der Waals surface area contributed by atoms with Gasteiger partial charge < -0.3 is 15.1 Å². The van der Waals surface area contributed by atoms with Gasteiger partial charge in [0.05, 0.1) is 26.2 Å². The molecule has 1 aromatic heterocycles. The van der Waals surface area contributed by atoms with Crippen LogP contribution in [0.2, 0.25) is 10.0 Å². The highest BCUT2D eigenvalue weighted by atomic mass is 35.5. The molecule has 2 N–H and O–H groups in total. The Balaban J connectivity index is 1.58. The maximum absolute atomic E-state index is 12.5. The number of carbonyl (C=O) groups is 1. The van der Waals surface area contributed by atoms with E-state index >= 15 is 0 Å². The zero-order chi connectivity index (χ0) is 22.8. The van der Waals surface area contributed by atoms with Crippen LogP contribution in [-0.2, 0) is 0 Å². The van der Waals surface area contributed by atoms with Crippen molar-refractivity contribution < 1.29 is 14.1 Å². The highest BCUT2D eigenvalue weighted by Gasteiger charge is 2.15. The minimum absolute atomic E-state index is 0.134. The zero-order valence-electron chi connectivity index (χ0n) is 16.1. The Morgan fingerprint density at radius 1 is 0.938 bits per heavy atom. The van der Waals surface area contributed by atoms with Crippen LogP contribution in [0.15, 0.2) is 75.9 Å². The van der Waals surface area contributed by atoms with Crippen molar-refractivity contribution in [3.63, 3.8) is 0 Å². The molecule has 0 fully saturated rings. The fourth-order valence-corrected chi connectivity index (χ4v) is 3.64. The third-order valence-corrected chi connectivity index (χ3v) is 5.18. The van der Waals surface area contributed by atoms with Gasteiger partial charge in [-0.15, -0.1) is 0 Å². The van der Waals surface area contributed by atoms with Gasteiger partial charge in [-0.1, -0.05) is 29.3 Å². The van der Waals surface area contributed by atoms with Crippen LogP contribution in [-0.4, -0.2) is 10.8 Å². The summed E-state index contributed by atoms with van der Waals surface area (Å²) >= 11 is 12.1. The van der Waals surface area contributed by atoms with E-state index in [0.717, 1.165) is 0 Å². The Bertz CT molecular complexity index is 1400. The Morgan fingerprint density at radius 2 is 1.59 bits per heavy atom. The number of fused-ring (bicyclic) bond motifs is 1. The van der Waals surface area contributed by atoms with E-state index in [2.05, 4.69) is 10.6 Å². The normalized spacial score (nSPS) is 10.7. The Labute approximate surface area is 190 Å². The molecule has 0 spiro atoms. The molecule has 4 aromatic rings. The van der Waals surface area contributed by atoms with Crippen LogP contribution in [0.4, 0.5) is 22.7 Å². The van der Waals surface area contributed by atoms with Crippen LogP contribution in [0.1, 0.15) is 10.4 Å². The van der Waals surface area contributed by atoms with E-state index in [4.69, 9.17) is 27.6 Å². The summed E-state index contributed by atoms with van der Waals surface area (Å²) in [5.41, 5.74) is 1.06. The number of halogens is 2. The van der Waals surface area contributed by atoms with Crippen molar-refractivity contribution in [2.45, 2.75) is 0 Å². The summed E-state index contributed by atoms with van der Waals surface area (Å²) in [6.07, 6.45) is 0. The van der Waals surface area contributed by atoms with Crippen LogP contribution in [0.3, 0.4) is 0 Å². The summed E-state index contributed by atoms with van der Waals surface area (Å²) in [6.45, 7) is 0. The molecular weight excluding hydrogens is 457 g/mol. The van der Waals surface area contributed by atoms with Gasteiger partial charge in [-0.05, 0) is 42.5 Å². The average molecular weight is 470 g/mol. The minimum Gasteiger partial charge on any atom is -0.423 e. The number of nitrogens with zero attached hydrogens (tertiary/aromatic N) is 1. The molecule has 0 atom stereocenters. The van der Waals surface area contributed by atoms with Crippen LogP contribution in [0.5, 0.6) is 0 Å². The van der Waals surface area contributed by atoms with E-state index < -0.39 is 16.5 Å². The number of nitro groups is 1. The highest BCUT2D eigenvalue weighted by Crippen LogP contribution is 2.29. The molecule has 0 saturated heterocycles. The van der Waals surface area contributed by atoms with Gasteiger partial charge in [-0.3, -0.25) is 14.9 Å². The fourth-order valence-electron chi connectivity index (χ4n) is 3.07. The Morgan fingerprint density at radius 3 is 2.25 bits per heavy atom. The molecule has 0 aliphatic carbocycles. The predicted octanol–water partition coefficient (Wildman–Crippen LogP) is 6.00. The maximum Gasteiger partial charge on any atom is 0.338 e. The molecule has 32 heavy (non-hydrogen) atoms. The van der Waals surface area contributed by atoms with Crippen molar-refractivity contribution in [1.82, 2.24) is 0 Å². The van der Waals surface area contributed by atoms with Crippen molar-refractivity contribution in [2.24, 2.45) is 0 Å². The number of hydrogen-bond acceptors (Lipinski definition) is 6. The first-order valence-corrected chi connectivity index (χ1v) is 9.92. The number of nitrogens with one attached hydrogen (secondary N) is 2. The third-order valence-electron chi connectivity index (χ3n) is 4.55. The summed E-state index contributed by atoms with van der Waals surface area (Å²) in [5.74, 6) is -0.458. The first-order chi connectivity index (χ1) is 15.3. The molecule has 10 heteroatoms. The topological polar surface area (TPSA) is 114 Å². The van der Waals surface area contributed by atoms with Crippen LogP contribution >= 0.6 is 23.2 Å². The second-order valence-corrected chi connectivity index (χ2v) is 7.48. The van der Waals surface area contributed by atoms with Gasteiger partial charge in [0.15, 0.2) is 0 Å². The average Bonchev–Trinajstić information content (AvgIpc) is 2.74. The quantitative estimate of drug-likeness (QED) is 0.210. The predicted molar refractivity (Wildman–Crippen MR) is 123 cm³/mol. The Hall–Kier alpha value is -3.88. The molecule has 0 unspecified atom stereocenters. The number of amides is 1. The zero-order valence-corrected chi connectivity index (χ0v) is 17.6. The molecule has 8 nitrogen and oxygen atoms in total. The lowest BCUT2D eigenvalue weighted by Crippen LogP contribution is -2.13. The molecule has 0 aliphatic heterocycles. The molecule has 0 aliphatic rings. The fraction of sp³-hybridized carbons (Fsp3) is 0. The number of non-ortho nitro benzene ring substituents is 1. The maximum atomic E-state index is 12.5. The van der Waals surface area contributed by atoms with Crippen molar-refractivity contribution in [2.75, 3.05) is 10.6 Å². The summed E-state index contributed by atoms with van der Waals surface area (Å²) in [5, 5.41) is 17.7. The molecule has 160 valence electrons. The lowest BCUT2D eigenvalue weighted by molar-refractivity contribution is -0.384. The summed E-state index contributed by atoms with van der Waals surface area (Å²) in [4.78, 5) is 34.9. The molecule has 1 heterocycles. The van der Waals surface area contributed by atoms with Crippen molar-refractivity contribution in [3.8, 4) is 0 Å². The van der Waals surface area contributed by atoms with Crippen LogP contribution in [0.25, 0.3) is 11.0 Å². The van der Waals surface area contributed by atoms with E-state index in [1.54, 1.807) is 42.5 Å². The van der Waals surface area contributed by atoms with Crippen molar-refractivity contribution in [1.29, 1.82) is 0 Å². The number of anilines is 3. The molecule has 0 radical (unpaired) electrons. The summed E-state index contributed by atoms with van der Waals surface area (Å²) < 4.78 is 5.11. The lowest BCUT2D eigenvalue weighted by atomic mass is 10.1. The van der Waals surface area contributed by atoms with E-state index in [-0.39, 0.29) is 26.9 Å². The largest absolute Gasteiger partial charge is 0.423 e. The first-order valence-electron chi connectivity index (χ1n) is 9.16. The molecule has 3 aromatic carbocycles. The molecular formula is C22H13Cl2N3O5. The lowest BCUT2D eigenvalue weighted by Gasteiger charge is -2.11. The van der Waals surface area contributed by atoms with E-state index in [9.17, 15) is 19.7 Å². The van der Waals surface area contributed by atoms with Gasteiger partial charge in [-0.25, -0.2) is 4.79 Å². The smallest absolute Gasteiger partial charge is 0.338 e. The van der Waals surface area contributed by atoms with Gasteiger partial charge in [0.25, 0.3) is 11.6 Å². The third kappa shape index (κ3) is 4.41. The van der Waals surface area contributed by atoms with E-state index in [1.807, 2.05) is 0 Å². The van der Waals surface area contributed by atoms with Gasteiger partial charge in [0.2, 0.25) is 0 Å². The van der Waals surface area contributed by atoms with Gasteiger partial charge in [-0.2, -0.15) is 0 Å². The van der Waals surface area contributed by atoms with Gasteiger partial charge in [0, 0.05) is 35.0 Å². The second-order valence-electron chi connectivity index (χ2n) is 6.67. The first kappa shape index (κ1) is 21.4. The van der Waals surface area contributed by atoms with Crippen molar-refractivity contribution in [3.05, 3.63) is 103 Å². The number of carbonyl (C=O) groups excluding carboxylic acids is 1. The summed E-state index contributed by atoms with van der Waals surface area (Å²) in [7, 11) is 0. The van der Waals surface area contributed by atoms with Crippen molar-refractivity contribution >= 4 is 62.8 Å².